The van der Waals surface area contributed by atoms with E-state index >= 15 is 0 Å². The highest BCUT2D eigenvalue weighted by Gasteiger charge is 2.12. The molecule has 1 aromatic carbocycles. The molecular formula is C15H26N2O2S. The van der Waals surface area contributed by atoms with Crippen LogP contribution in [0.4, 0.5) is 0 Å². The van der Waals surface area contributed by atoms with Crippen molar-refractivity contribution < 1.29 is 8.42 Å². The zero-order valence-electron chi connectivity index (χ0n) is 12.3. The van der Waals surface area contributed by atoms with E-state index in [0.29, 0.717) is 11.4 Å². The van der Waals surface area contributed by atoms with Crippen LogP contribution in [0.25, 0.3) is 0 Å². The lowest BCUT2D eigenvalue weighted by atomic mass is 10.1. The van der Waals surface area contributed by atoms with E-state index in [9.17, 15) is 8.42 Å². The number of benzene rings is 1. The van der Waals surface area contributed by atoms with Gasteiger partial charge in [0.05, 0.1) is 4.90 Å². The number of unbranched alkanes of at least 4 members (excludes halogenated alkanes) is 5. The smallest absolute Gasteiger partial charge is 0.240 e. The van der Waals surface area contributed by atoms with Gasteiger partial charge in [-0.3, -0.25) is 0 Å². The van der Waals surface area contributed by atoms with Crippen molar-refractivity contribution in [3.05, 3.63) is 29.8 Å². The van der Waals surface area contributed by atoms with Crippen LogP contribution in [0, 0.1) is 6.92 Å². The van der Waals surface area contributed by atoms with Crippen LogP contribution < -0.4 is 10.5 Å². The number of sulfonamides is 1. The third-order valence-electron chi connectivity index (χ3n) is 3.25. The molecule has 0 aromatic heterocycles. The molecule has 4 nitrogen and oxygen atoms in total. The van der Waals surface area contributed by atoms with Crippen LogP contribution in [-0.2, 0) is 10.0 Å². The summed E-state index contributed by atoms with van der Waals surface area (Å²) in [5.41, 5.74) is 6.48. The molecule has 0 bridgehead atoms. The summed E-state index contributed by atoms with van der Waals surface area (Å²) < 4.78 is 26.6. The predicted octanol–water partition coefficient (Wildman–Crippen LogP) is 2.57. The Balaban J connectivity index is 2.22. The van der Waals surface area contributed by atoms with Gasteiger partial charge in [-0.25, -0.2) is 13.1 Å². The number of hydrogen-bond donors (Lipinski definition) is 2. The lowest BCUT2D eigenvalue weighted by Crippen LogP contribution is -2.24. The molecule has 0 aliphatic carbocycles. The van der Waals surface area contributed by atoms with Gasteiger partial charge in [0.1, 0.15) is 0 Å². The van der Waals surface area contributed by atoms with Crippen LogP contribution in [-0.4, -0.2) is 21.5 Å². The fourth-order valence-electron chi connectivity index (χ4n) is 1.98. The number of aryl methyl sites for hydroxylation is 1. The van der Waals surface area contributed by atoms with Crippen molar-refractivity contribution in [2.75, 3.05) is 13.1 Å². The molecule has 0 atom stereocenters. The third kappa shape index (κ3) is 6.50. The zero-order valence-corrected chi connectivity index (χ0v) is 13.1. The van der Waals surface area contributed by atoms with Gasteiger partial charge in [0.2, 0.25) is 10.0 Å². The van der Waals surface area contributed by atoms with Gasteiger partial charge in [-0.2, -0.15) is 0 Å². The third-order valence-corrected chi connectivity index (χ3v) is 4.73. The van der Waals surface area contributed by atoms with Crippen LogP contribution in [0.15, 0.2) is 29.2 Å². The number of nitrogens with one attached hydrogen (secondary N) is 1. The Bertz CT molecular complexity index is 469. The molecule has 20 heavy (non-hydrogen) atoms. The van der Waals surface area contributed by atoms with Gasteiger partial charge < -0.3 is 5.73 Å². The maximum absolute atomic E-state index is 12.0. The van der Waals surface area contributed by atoms with Crippen LogP contribution >= 0.6 is 0 Å². The first-order valence-corrected chi connectivity index (χ1v) is 8.81. The van der Waals surface area contributed by atoms with Gasteiger partial charge in [-0.15, -0.1) is 0 Å². The first-order valence-electron chi connectivity index (χ1n) is 7.32. The molecule has 0 radical (unpaired) electrons. The minimum Gasteiger partial charge on any atom is -0.330 e. The molecule has 5 heteroatoms. The molecule has 1 rings (SSSR count). The van der Waals surface area contributed by atoms with Gasteiger partial charge >= 0.3 is 0 Å². The van der Waals surface area contributed by atoms with Gasteiger partial charge in [0.25, 0.3) is 0 Å². The number of hydrogen-bond acceptors (Lipinski definition) is 3. The summed E-state index contributed by atoms with van der Waals surface area (Å²) in [6.07, 6.45) is 6.52. The van der Waals surface area contributed by atoms with Crippen molar-refractivity contribution >= 4 is 10.0 Å². The van der Waals surface area contributed by atoms with E-state index in [1.807, 2.05) is 19.1 Å². The Morgan fingerprint density at radius 1 is 0.950 bits per heavy atom. The molecule has 1 aromatic rings. The molecule has 0 unspecified atom stereocenters. The van der Waals surface area contributed by atoms with E-state index in [2.05, 4.69) is 4.72 Å². The summed E-state index contributed by atoms with van der Waals surface area (Å²) in [5.74, 6) is 0. The van der Waals surface area contributed by atoms with Crippen molar-refractivity contribution in [3.63, 3.8) is 0 Å². The largest absolute Gasteiger partial charge is 0.330 e. The second-order valence-corrected chi connectivity index (χ2v) is 6.89. The van der Waals surface area contributed by atoms with Crippen molar-refractivity contribution in [1.29, 1.82) is 0 Å². The normalized spacial score (nSPS) is 11.7. The molecule has 0 aliphatic rings. The topological polar surface area (TPSA) is 72.2 Å². The Morgan fingerprint density at radius 3 is 2.10 bits per heavy atom. The van der Waals surface area contributed by atoms with Crippen LogP contribution in [0.1, 0.15) is 44.1 Å². The monoisotopic (exact) mass is 298 g/mol. The average molecular weight is 298 g/mol. The average Bonchev–Trinajstić information content (AvgIpc) is 2.42. The van der Waals surface area contributed by atoms with E-state index < -0.39 is 10.0 Å². The molecule has 0 spiro atoms. The standard InChI is InChI=1S/C15H26N2O2S/c1-14-8-10-15(11-9-14)20(18,19)17-13-7-5-3-2-4-6-12-16/h8-11,17H,2-7,12-13,16H2,1H3. The molecule has 3 N–H and O–H groups in total. The summed E-state index contributed by atoms with van der Waals surface area (Å²) in [6.45, 7) is 3.21. The molecule has 0 fully saturated rings. The minimum absolute atomic E-state index is 0.339. The maximum atomic E-state index is 12.0. The van der Waals surface area contributed by atoms with Crippen LogP contribution in [0.2, 0.25) is 0 Å². The summed E-state index contributed by atoms with van der Waals surface area (Å²) in [5, 5.41) is 0. The summed E-state index contributed by atoms with van der Waals surface area (Å²) in [4.78, 5) is 0.339. The molecule has 114 valence electrons. The Hall–Kier alpha value is -0.910. The second kappa shape index (κ2) is 9.10. The fraction of sp³-hybridized carbons (Fsp3) is 0.600. The number of nitrogens with two attached hydrogens (primary N) is 1. The highest BCUT2D eigenvalue weighted by Crippen LogP contribution is 2.10. The fourth-order valence-corrected chi connectivity index (χ4v) is 3.06. The Labute approximate surface area is 122 Å². The van der Waals surface area contributed by atoms with Gasteiger partial charge in [0.15, 0.2) is 0 Å². The summed E-state index contributed by atoms with van der Waals surface area (Å²) in [7, 11) is -3.34. The highest BCUT2D eigenvalue weighted by molar-refractivity contribution is 7.89. The van der Waals surface area contributed by atoms with E-state index in [-0.39, 0.29) is 0 Å². The van der Waals surface area contributed by atoms with Crippen molar-refractivity contribution in [1.82, 2.24) is 4.72 Å². The molecule has 0 amide bonds. The lowest BCUT2D eigenvalue weighted by molar-refractivity contribution is 0.565. The quantitative estimate of drug-likeness (QED) is 0.652. The van der Waals surface area contributed by atoms with E-state index in [1.165, 1.54) is 12.8 Å². The lowest BCUT2D eigenvalue weighted by Gasteiger charge is -2.07. The maximum Gasteiger partial charge on any atom is 0.240 e. The minimum atomic E-state index is -3.34. The van der Waals surface area contributed by atoms with E-state index in [1.54, 1.807) is 12.1 Å². The van der Waals surface area contributed by atoms with Gasteiger partial charge in [-0.05, 0) is 38.4 Å². The van der Waals surface area contributed by atoms with Gasteiger partial charge in [-0.1, -0.05) is 43.4 Å². The van der Waals surface area contributed by atoms with Crippen LogP contribution in [0.3, 0.4) is 0 Å². The van der Waals surface area contributed by atoms with E-state index in [0.717, 1.165) is 37.8 Å². The second-order valence-electron chi connectivity index (χ2n) is 5.12. The molecular weight excluding hydrogens is 272 g/mol. The highest BCUT2D eigenvalue weighted by atomic mass is 32.2. The molecule has 0 saturated carbocycles. The molecule has 0 heterocycles. The van der Waals surface area contributed by atoms with Crippen LogP contribution in [0.5, 0.6) is 0 Å². The number of rotatable bonds is 10. The zero-order chi connectivity index (χ0) is 14.8. The van der Waals surface area contributed by atoms with E-state index in [4.69, 9.17) is 5.73 Å². The SMILES string of the molecule is Cc1ccc(S(=O)(=O)NCCCCCCCCN)cc1. The Kier molecular flexibility index (Phi) is 7.80. The molecule has 0 aliphatic heterocycles. The summed E-state index contributed by atoms with van der Waals surface area (Å²) >= 11 is 0. The first-order chi connectivity index (χ1) is 9.56. The van der Waals surface area contributed by atoms with Crippen molar-refractivity contribution in [2.45, 2.75) is 50.3 Å². The predicted molar refractivity (Wildman–Crippen MR) is 83.1 cm³/mol. The first kappa shape index (κ1) is 17.1. The van der Waals surface area contributed by atoms with Crippen molar-refractivity contribution in [3.8, 4) is 0 Å². The van der Waals surface area contributed by atoms with Gasteiger partial charge in [0, 0.05) is 6.54 Å². The van der Waals surface area contributed by atoms with Crippen molar-refractivity contribution in [2.24, 2.45) is 5.73 Å². The Morgan fingerprint density at radius 2 is 1.50 bits per heavy atom. The molecule has 0 saturated heterocycles. The summed E-state index contributed by atoms with van der Waals surface area (Å²) in [6, 6.07) is 6.91.